The molecule has 3 nitrogen and oxygen atoms in total. The van der Waals surface area contributed by atoms with Crippen LogP contribution in [0.15, 0.2) is 48.7 Å². The van der Waals surface area contributed by atoms with E-state index in [1.165, 1.54) is 5.56 Å². The van der Waals surface area contributed by atoms with E-state index in [4.69, 9.17) is 0 Å². The summed E-state index contributed by atoms with van der Waals surface area (Å²) in [6.07, 6.45) is 2.43. The van der Waals surface area contributed by atoms with Gasteiger partial charge in [0.1, 0.15) is 5.82 Å². The predicted octanol–water partition coefficient (Wildman–Crippen LogP) is 3.31. The number of rotatable bonds is 5. The molecule has 0 radical (unpaired) electrons. The van der Waals surface area contributed by atoms with Gasteiger partial charge in [-0.3, -0.25) is 4.79 Å². The first-order chi connectivity index (χ1) is 9.20. The highest BCUT2D eigenvalue weighted by Crippen LogP contribution is 2.17. The van der Waals surface area contributed by atoms with E-state index in [2.05, 4.69) is 35.9 Å². The molecule has 0 bridgehead atoms. The molecule has 98 valence electrons. The summed E-state index contributed by atoms with van der Waals surface area (Å²) < 4.78 is 0. The molecule has 2 aromatic rings. The van der Waals surface area contributed by atoms with Crippen molar-refractivity contribution in [1.82, 2.24) is 4.98 Å². The van der Waals surface area contributed by atoms with Crippen LogP contribution in [0.3, 0.4) is 0 Å². The summed E-state index contributed by atoms with van der Waals surface area (Å²) in [7, 11) is 0. The van der Waals surface area contributed by atoms with E-state index in [-0.39, 0.29) is 0 Å². The van der Waals surface area contributed by atoms with E-state index in [0.29, 0.717) is 11.6 Å². The Labute approximate surface area is 113 Å². The fourth-order valence-electron chi connectivity index (χ4n) is 1.95. The Morgan fingerprint density at radius 3 is 2.42 bits per heavy atom. The van der Waals surface area contributed by atoms with E-state index in [9.17, 15) is 4.79 Å². The van der Waals surface area contributed by atoms with Gasteiger partial charge in [-0.1, -0.05) is 30.3 Å². The molecule has 0 aliphatic rings. The summed E-state index contributed by atoms with van der Waals surface area (Å²) in [6, 6.07) is 14.3. The smallest absolute Gasteiger partial charge is 0.151 e. The molecule has 3 heteroatoms. The molecule has 1 aromatic heterocycles. The van der Waals surface area contributed by atoms with Gasteiger partial charge in [-0.15, -0.1) is 0 Å². The van der Waals surface area contributed by atoms with Gasteiger partial charge in [0, 0.05) is 24.3 Å². The Morgan fingerprint density at radius 2 is 1.89 bits per heavy atom. The number of hydrogen-bond acceptors (Lipinski definition) is 3. The van der Waals surface area contributed by atoms with Crippen molar-refractivity contribution in [3.8, 4) is 0 Å². The van der Waals surface area contributed by atoms with Crippen molar-refractivity contribution < 1.29 is 4.79 Å². The molecule has 0 saturated heterocycles. The minimum atomic E-state index is 0.342. The molecule has 1 aromatic carbocycles. The van der Waals surface area contributed by atoms with Crippen LogP contribution in [0.4, 0.5) is 5.82 Å². The van der Waals surface area contributed by atoms with Gasteiger partial charge < -0.3 is 4.90 Å². The third-order valence-electron chi connectivity index (χ3n) is 3.02. The summed E-state index contributed by atoms with van der Waals surface area (Å²) >= 11 is 0. The van der Waals surface area contributed by atoms with Crippen LogP contribution in [-0.2, 0) is 6.54 Å². The number of aldehydes is 1. The van der Waals surface area contributed by atoms with Gasteiger partial charge >= 0.3 is 0 Å². The lowest BCUT2D eigenvalue weighted by molar-refractivity contribution is 0.112. The second-order valence-electron chi connectivity index (χ2n) is 4.77. The second kappa shape index (κ2) is 6.14. The fraction of sp³-hybridized carbons (Fsp3) is 0.250. The number of anilines is 1. The molecular weight excluding hydrogens is 236 g/mol. The summed E-state index contributed by atoms with van der Waals surface area (Å²) in [6.45, 7) is 5.09. The van der Waals surface area contributed by atoms with Crippen LogP contribution in [0.25, 0.3) is 0 Å². The Bertz CT molecular complexity index is 520. The van der Waals surface area contributed by atoms with Crippen molar-refractivity contribution in [1.29, 1.82) is 0 Å². The van der Waals surface area contributed by atoms with Crippen LogP contribution in [0, 0.1) is 0 Å². The minimum Gasteiger partial charge on any atom is -0.350 e. The zero-order valence-corrected chi connectivity index (χ0v) is 11.3. The van der Waals surface area contributed by atoms with E-state index in [1.54, 1.807) is 12.3 Å². The highest BCUT2D eigenvalue weighted by molar-refractivity contribution is 5.74. The zero-order valence-electron chi connectivity index (χ0n) is 11.3. The molecule has 0 N–H and O–H groups in total. The molecule has 0 saturated carbocycles. The zero-order chi connectivity index (χ0) is 13.7. The number of benzene rings is 1. The average molecular weight is 254 g/mol. The van der Waals surface area contributed by atoms with E-state index in [1.807, 2.05) is 24.3 Å². The Morgan fingerprint density at radius 1 is 1.16 bits per heavy atom. The fourth-order valence-corrected chi connectivity index (χ4v) is 1.95. The summed E-state index contributed by atoms with van der Waals surface area (Å²) in [4.78, 5) is 17.2. The Kier molecular flexibility index (Phi) is 4.29. The second-order valence-corrected chi connectivity index (χ2v) is 4.77. The first kappa shape index (κ1) is 13.3. The molecule has 0 unspecified atom stereocenters. The number of carbonyl (C=O) groups excluding carboxylic acids is 1. The van der Waals surface area contributed by atoms with Gasteiger partial charge in [0.05, 0.1) is 0 Å². The Hall–Kier alpha value is -2.16. The van der Waals surface area contributed by atoms with Gasteiger partial charge in [0.25, 0.3) is 0 Å². The third-order valence-corrected chi connectivity index (χ3v) is 3.02. The molecule has 1 heterocycles. The van der Waals surface area contributed by atoms with Gasteiger partial charge in [-0.25, -0.2) is 4.98 Å². The highest BCUT2D eigenvalue weighted by Gasteiger charge is 2.12. The van der Waals surface area contributed by atoms with Crippen LogP contribution in [-0.4, -0.2) is 17.3 Å². The minimum absolute atomic E-state index is 0.342. The number of aromatic nitrogens is 1. The first-order valence-corrected chi connectivity index (χ1v) is 6.42. The Balaban J connectivity index is 2.22. The molecule has 0 amide bonds. The number of nitrogens with zero attached hydrogens (tertiary/aromatic N) is 2. The molecule has 0 spiro atoms. The maximum atomic E-state index is 10.7. The molecule has 0 fully saturated rings. The van der Waals surface area contributed by atoms with E-state index >= 15 is 0 Å². The van der Waals surface area contributed by atoms with Crippen LogP contribution < -0.4 is 4.90 Å². The van der Waals surface area contributed by atoms with Crippen LogP contribution in [0.5, 0.6) is 0 Å². The number of pyridine rings is 1. The monoisotopic (exact) mass is 254 g/mol. The van der Waals surface area contributed by atoms with Crippen molar-refractivity contribution in [2.45, 2.75) is 26.4 Å². The molecule has 0 atom stereocenters. The lowest BCUT2D eigenvalue weighted by Crippen LogP contribution is -2.30. The molecule has 0 aliphatic heterocycles. The summed E-state index contributed by atoms with van der Waals surface area (Å²) in [5.41, 5.74) is 1.85. The van der Waals surface area contributed by atoms with Crippen LogP contribution in [0.1, 0.15) is 29.8 Å². The average Bonchev–Trinajstić information content (AvgIpc) is 2.46. The SMILES string of the molecule is CC(C)N(Cc1ccccc1)c1ccc(C=O)cn1. The number of hydrogen-bond donors (Lipinski definition) is 0. The molecule has 19 heavy (non-hydrogen) atoms. The summed E-state index contributed by atoms with van der Waals surface area (Å²) in [5.74, 6) is 0.893. The molecular formula is C16H18N2O. The topological polar surface area (TPSA) is 33.2 Å². The summed E-state index contributed by atoms with van der Waals surface area (Å²) in [5, 5.41) is 0. The van der Waals surface area contributed by atoms with Crippen molar-refractivity contribution in [3.05, 3.63) is 59.8 Å². The van der Waals surface area contributed by atoms with Gasteiger partial charge in [-0.05, 0) is 31.5 Å². The largest absolute Gasteiger partial charge is 0.350 e. The number of carbonyl (C=O) groups is 1. The third kappa shape index (κ3) is 3.41. The van der Waals surface area contributed by atoms with Crippen molar-refractivity contribution in [2.24, 2.45) is 0 Å². The van der Waals surface area contributed by atoms with Crippen LogP contribution in [0.2, 0.25) is 0 Å². The standard InChI is InChI=1S/C16H18N2O/c1-13(2)18(11-14-6-4-3-5-7-14)16-9-8-15(12-19)10-17-16/h3-10,12-13H,11H2,1-2H3. The predicted molar refractivity (Wildman–Crippen MR) is 77.4 cm³/mol. The van der Waals surface area contributed by atoms with Gasteiger partial charge in [-0.2, -0.15) is 0 Å². The lowest BCUT2D eigenvalue weighted by Gasteiger charge is -2.28. The van der Waals surface area contributed by atoms with Crippen molar-refractivity contribution >= 4 is 12.1 Å². The van der Waals surface area contributed by atoms with E-state index in [0.717, 1.165) is 18.6 Å². The van der Waals surface area contributed by atoms with E-state index < -0.39 is 0 Å². The quantitative estimate of drug-likeness (QED) is 0.767. The maximum absolute atomic E-state index is 10.7. The van der Waals surface area contributed by atoms with Gasteiger partial charge in [0.15, 0.2) is 6.29 Å². The van der Waals surface area contributed by atoms with Crippen molar-refractivity contribution in [2.75, 3.05) is 4.90 Å². The molecule has 2 rings (SSSR count). The van der Waals surface area contributed by atoms with Gasteiger partial charge in [0.2, 0.25) is 0 Å². The maximum Gasteiger partial charge on any atom is 0.151 e. The van der Waals surface area contributed by atoms with Crippen LogP contribution >= 0.6 is 0 Å². The molecule has 0 aliphatic carbocycles. The lowest BCUT2D eigenvalue weighted by atomic mass is 10.2. The van der Waals surface area contributed by atoms with Crippen molar-refractivity contribution in [3.63, 3.8) is 0 Å². The normalized spacial score (nSPS) is 10.5. The highest BCUT2D eigenvalue weighted by atomic mass is 16.1. The first-order valence-electron chi connectivity index (χ1n) is 6.42.